The zero-order valence-electron chi connectivity index (χ0n) is 15.3. The molecule has 0 unspecified atom stereocenters. The molecular formula is C20H21N3O3S. The predicted molar refractivity (Wildman–Crippen MR) is 108 cm³/mol. The number of carbonyl (C=O) groups is 1. The molecule has 6 nitrogen and oxygen atoms in total. The summed E-state index contributed by atoms with van der Waals surface area (Å²) >= 11 is 0. The topological polar surface area (TPSA) is 83.1 Å². The van der Waals surface area contributed by atoms with E-state index in [2.05, 4.69) is 23.8 Å². The number of rotatable bonds is 2. The number of fused-ring (bicyclic) bond motifs is 3. The van der Waals surface area contributed by atoms with Gasteiger partial charge in [0, 0.05) is 52.5 Å². The van der Waals surface area contributed by atoms with E-state index in [1.54, 1.807) is 29.3 Å². The third-order valence-electron chi connectivity index (χ3n) is 5.00. The smallest absolute Gasteiger partial charge is 0.258 e. The number of hydrogen-bond acceptors (Lipinski definition) is 4. The van der Waals surface area contributed by atoms with Gasteiger partial charge in [-0.25, -0.2) is 0 Å². The molecule has 1 amide bonds. The van der Waals surface area contributed by atoms with Crippen LogP contribution in [0.25, 0.3) is 21.7 Å². The molecule has 27 heavy (non-hydrogen) atoms. The summed E-state index contributed by atoms with van der Waals surface area (Å²) in [5, 5.41) is 2.15. The molecule has 1 N–H and O–H groups in total. The number of H-pyrrole nitrogens is 1. The second kappa shape index (κ2) is 6.88. The standard InChI is InChI=1S/C20H21N3O3S/c1-12(2)18-14-4-3-13(20(25)23-7-9-27(26)10-8-23)11-15(14)17-16(22-18)5-6-21-19(17)24/h3-6,11-12H,7-10H2,1-2H3,(H,21,24). The number of hydrogen-bond donors (Lipinski definition) is 1. The minimum absolute atomic E-state index is 0.0861. The molecule has 0 aliphatic carbocycles. The van der Waals surface area contributed by atoms with Gasteiger partial charge in [0.2, 0.25) is 0 Å². The lowest BCUT2D eigenvalue weighted by Gasteiger charge is -2.26. The molecule has 4 rings (SSSR count). The largest absolute Gasteiger partial charge is 0.337 e. The molecule has 0 radical (unpaired) electrons. The Labute approximate surface area is 159 Å². The lowest BCUT2D eigenvalue weighted by atomic mass is 9.97. The molecule has 0 spiro atoms. The number of benzene rings is 1. The molecule has 0 bridgehead atoms. The summed E-state index contributed by atoms with van der Waals surface area (Å²) in [5.74, 6) is 1.14. The van der Waals surface area contributed by atoms with Crippen LogP contribution < -0.4 is 5.56 Å². The van der Waals surface area contributed by atoms with Gasteiger partial charge in [0.05, 0.1) is 16.6 Å². The van der Waals surface area contributed by atoms with Crippen LogP contribution in [0.5, 0.6) is 0 Å². The van der Waals surface area contributed by atoms with Crippen LogP contribution in [0.3, 0.4) is 0 Å². The second-order valence-electron chi connectivity index (χ2n) is 7.12. The number of aromatic amines is 1. The van der Waals surface area contributed by atoms with E-state index in [1.165, 1.54) is 0 Å². The Morgan fingerprint density at radius 2 is 1.93 bits per heavy atom. The van der Waals surface area contributed by atoms with E-state index < -0.39 is 10.8 Å². The van der Waals surface area contributed by atoms with Crippen LogP contribution in [0.1, 0.15) is 35.8 Å². The van der Waals surface area contributed by atoms with Gasteiger partial charge in [-0.1, -0.05) is 19.9 Å². The van der Waals surface area contributed by atoms with Crippen molar-refractivity contribution in [3.05, 3.63) is 52.1 Å². The maximum atomic E-state index is 12.9. The first kappa shape index (κ1) is 17.9. The van der Waals surface area contributed by atoms with E-state index in [1.807, 2.05) is 6.07 Å². The molecule has 7 heteroatoms. The molecule has 3 heterocycles. The fourth-order valence-electron chi connectivity index (χ4n) is 3.58. The average Bonchev–Trinajstić information content (AvgIpc) is 2.66. The average molecular weight is 383 g/mol. The first-order chi connectivity index (χ1) is 13.0. The Morgan fingerprint density at radius 1 is 1.19 bits per heavy atom. The van der Waals surface area contributed by atoms with Crippen molar-refractivity contribution in [2.45, 2.75) is 19.8 Å². The van der Waals surface area contributed by atoms with Crippen LogP contribution in [0, 0.1) is 0 Å². The highest BCUT2D eigenvalue weighted by atomic mass is 32.2. The van der Waals surface area contributed by atoms with E-state index in [9.17, 15) is 13.8 Å². The molecule has 140 valence electrons. The Balaban J connectivity index is 1.90. The number of amides is 1. The molecule has 0 saturated carbocycles. The van der Waals surface area contributed by atoms with Gasteiger partial charge in [-0.05, 0) is 29.5 Å². The van der Waals surface area contributed by atoms with Gasteiger partial charge < -0.3 is 9.88 Å². The Bertz CT molecular complexity index is 1130. The summed E-state index contributed by atoms with van der Waals surface area (Å²) in [6.07, 6.45) is 1.59. The molecular weight excluding hydrogens is 362 g/mol. The van der Waals surface area contributed by atoms with Crippen molar-refractivity contribution < 1.29 is 9.00 Å². The van der Waals surface area contributed by atoms with Crippen molar-refractivity contribution >= 4 is 38.4 Å². The second-order valence-corrected chi connectivity index (χ2v) is 8.82. The first-order valence-electron chi connectivity index (χ1n) is 9.05. The minimum atomic E-state index is -0.834. The molecule has 0 atom stereocenters. The van der Waals surface area contributed by atoms with E-state index in [0.29, 0.717) is 41.1 Å². The lowest BCUT2D eigenvalue weighted by molar-refractivity contribution is 0.0771. The van der Waals surface area contributed by atoms with Crippen molar-refractivity contribution in [3.63, 3.8) is 0 Å². The molecule has 1 aromatic carbocycles. The molecule has 1 saturated heterocycles. The third-order valence-corrected chi connectivity index (χ3v) is 6.28. The minimum Gasteiger partial charge on any atom is -0.337 e. The predicted octanol–water partition coefficient (Wildman–Crippen LogP) is 2.40. The van der Waals surface area contributed by atoms with Crippen molar-refractivity contribution in [1.29, 1.82) is 0 Å². The van der Waals surface area contributed by atoms with Crippen molar-refractivity contribution in [2.75, 3.05) is 24.6 Å². The number of nitrogens with one attached hydrogen (secondary N) is 1. The number of aromatic nitrogens is 2. The summed E-state index contributed by atoms with van der Waals surface area (Å²) in [5.41, 5.74) is 1.88. The van der Waals surface area contributed by atoms with Gasteiger partial charge in [0.25, 0.3) is 11.5 Å². The van der Waals surface area contributed by atoms with Crippen LogP contribution in [0.15, 0.2) is 35.3 Å². The zero-order chi connectivity index (χ0) is 19.1. The van der Waals surface area contributed by atoms with Crippen molar-refractivity contribution in [2.24, 2.45) is 0 Å². The first-order valence-corrected chi connectivity index (χ1v) is 10.5. The highest BCUT2D eigenvalue weighted by Gasteiger charge is 2.22. The third kappa shape index (κ3) is 3.16. The van der Waals surface area contributed by atoms with Gasteiger partial charge in [0.1, 0.15) is 0 Å². The van der Waals surface area contributed by atoms with Gasteiger partial charge in [-0.3, -0.25) is 18.8 Å². The molecule has 1 aliphatic rings. The van der Waals surface area contributed by atoms with Gasteiger partial charge in [-0.15, -0.1) is 0 Å². The van der Waals surface area contributed by atoms with Crippen LogP contribution >= 0.6 is 0 Å². The maximum Gasteiger partial charge on any atom is 0.258 e. The molecule has 1 aliphatic heterocycles. The molecule has 2 aromatic heterocycles. The maximum absolute atomic E-state index is 12.9. The fourth-order valence-corrected chi connectivity index (χ4v) is 4.63. The number of nitrogens with zero attached hydrogens (tertiary/aromatic N) is 2. The summed E-state index contributed by atoms with van der Waals surface area (Å²) in [6, 6.07) is 7.27. The Kier molecular flexibility index (Phi) is 4.55. The van der Waals surface area contributed by atoms with Gasteiger partial charge in [-0.2, -0.15) is 0 Å². The lowest BCUT2D eigenvalue weighted by Crippen LogP contribution is -2.41. The normalized spacial score (nSPS) is 15.7. The summed E-state index contributed by atoms with van der Waals surface area (Å²) in [7, 11) is -0.834. The number of pyridine rings is 2. The van der Waals surface area contributed by atoms with E-state index in [-0.39, 0.29) is 17.4 Å². The fraction of sp³-hybridized carbons (Fsp3) is 0.350. The Hall–Kier alpha value is -2.54. The van der Waals surface area contributed by atoms with Gasteiger partial charge in [0.15, 0.2) is 0 Å². The highest BCUT2D eigenvalue weighted by molar-refractivity contribution is 7.85. The SMILES string of the molecule is CC(C)c1nc2cc[nH]c(=O)c2c2cc(C(=O)N3CCS(=O)CC3)ccc12. The van der Waals surface area contributed by atoms with Gasteiger partial charge >= 0.3 is 0 Å². The molecule has 1 fully saturated rings. The summed E-state index contributed by atoms with van der Waals surface area (Å²) < 4.78 is 11.6. The Morgan fingerprint density at radius 3 is 2.63 bits per heavy atom. The van der Waals surface area contributed by atoms with E-state index in [4.69, 9.17) is 0 Å². The van der Waals surface area contributed by atoms with E-state index in [0.717, 1.165) is 16.5 Å². The van der Waals surface area contributed by atoms with Crippen LogP contribution in [-0.4, -0.2) is 49.6 Å². The van der Waals surface area contributed by atoms with Crippen molar-refractivity contribution in [3.8, 4) is 0 Å². The van der Waals surface area contributed by atoms with Crippen LogP contribution in [0.4, 0.5) is 0 Å². The summed E-state index contributed by atoms with van der Waals surface area (Å²) in [4.78, 5) is 34.5. The monoisotopic (exact) mass is 383 g/mol. The highest BCUT2D eigenvalue weighted by Crippen LogP contribution is 2.29. The summed E-state index contributed by atoms with van der Waals surface area (Å²) in [6.45, 7) is 5.12. The molecule has 3 aromatic rings. The van der Waals surface area contributed by atoms with Crippen LogP contribution in [0.2, 0.25) is 0 Å². The quantitative estimate of drug-likeness (QED) is 0.689. The number of carbonyl (C=O) groups excluding carboxylic acids is 1. The van der Waals surface area contributed by atoms with E-state index >= 15 is 0 Å². The zero-order valence-corrected chi connectivity index (χ0v) is 16.1. The van der Waals surface area contributed by atoms with Crippen LogP contribution in [-0.2, 0) is 10.8 Å². The van der Waals surface area contributed by atoms with Crippen molar-refractivity contribution in [1.82, 2.24) is 14.9 Å².